The first-order valence-corrected chi connectivity index (χ1v) is 2.43. The third kappa shape index (κ3) is 5030. The quantitative estimate of drug-likeness (QED) is 0.484. The summed E-state index contributed by atoms with van der Waals surface area (Å²) in [7, 11) is 0. The molecule has 0 spiro atoms. The summed E-state index contributed by atoms with van der Waals surface area (Å²) in [6, 6.07) is 0. The second-order valence-electron chi connectivity index (χ2n) is 2.37. The molecule has 0 bridgehead atoms. The maximum atomic E-state index is 8.68. The summed E-state index contributed by atoms with van der Waals surface area (Å²) in [5.41, 5.74) is -0.500. The van der Waals surface area contributed by atoms with Crippen LogP contribution in [0.3, 0.4) is 0 Å². The van der Waals surface area contributed by atoms with Crippen LogP contribution in [0.5, 0.6) is 0 Å². The van der Waals surface area contributed by atoms with E-state index in [1.807, 2.05) is 0 Å². The van der Waals surface area contributed by atoms with Gasteiger partial charge in [0.05, 0.1) is 5.60 Å². The van der Waals surface area contributed by atoms with Crippen molar-refractivity contribution in [2.45, 2.75) is 33.3 Å². The summed E-state index contributed by atoms with van der Waals surface area (Å²) in [5.74, 6) is 0. The summed E-state index contributed by atoms with van der Waals surface area (Å²) >= 11 is 0. The van der Waals surface area contributed by atoms with Gasteiger partial charge in [-0.15, -0.1) is 0 Å². The van der Waals surface area contributed by atoms with E-state index in [1.165, 1.54) is 13.2 Å². The minimum absolute atomic E-state index is 0. The first kappa shape index (κ1) is 16.1. The Morgan fingerprint density at radius 1 is 1.33 bits per heavy atom. The van der Waals surface area contributed by atoms with E-state index >= 15 is 0 Å². The fourth-order valence-corrected chi connectivity index (χ4v) is 0. The van der Waals surface area contributed by atoms with Gasteiger partial charge in [-0.1, -0.05) is 0 Å². The predicted octanol–water partition coefficient (Wildman–Crippen LogP) is 0.891. The van der Waals surface area contributed by atoms with Gasteiger partial charge in [-0.25, -0.2) is 0 Å². The van der Waals surface area contributed by atoms with Crippen LogP contribution in [-0.4, -0.2) is 17.0 Å². The molecule has 0 atom stereocenters. The van der Waals surface area contributed by atoms with Crippen molar-refractivity contribution in [3.05, 3.63) is 0 Å². The smallest absolute Gasteiger partial charge is 0.542 e. The number of hydrogen-bond donors (Lipinski definition) is 1. The molecule has 0 aliphatic rings. The van der Waals surface area contributed by atoms with Gasteiger partial charge >= 0.3 is 19.5 Å². The molecular weight excluding hydrogens is 205 g/mol. The normalized spacial score (nSPS) is 8.11. The summed E-state index contributed by atoms with van der Waals surface area (Å²) in [4.78, 5) is 8.68. The molecule has 9 heavy (non-hydrogen) atoms. The van der Waals surface area contributed by atoms with Gasteiger partial charge in [0.2, 0.25) is 0 Å². The van der Waals surface area contributed by atoms with E-state index in [-0.39, 0.29) is 19.5 Å². The summed E-state index contributed by atoms with van der Waals surface area (Å²) < 4.78 is 0. The van der Waals surface area contributed by atoms with Crippen molar-refractivity contribution in [1.82, 2.24) is 0 Å². The molecule has 0 aliphatic carbocycles. The molecule has 0 saturated carbocycles. The minimum atomic E-state index is -0.500. The monoisotopic (exact) mass is 219 g/mol. The van der Waals surface area contributed by atoms with E-state index < -0.39 is 5.60 Å². The number of aliphatic hydroxyl groups is 1. The van der Waals surface area contributed by atoms with Crippen molar-refractivity contribution < 1.29 is 29.4 Å². The standard InChI is InChI=1S/C4H10O.C2H3O.Ru/c1-4(2,3)5;1-2-3;/h5H,1-3H3;1H3;/q;-1;+1. The van der Waals surface area contributed by atoms with Crippen LogP contribution in [0.25, 0.3) is 0 Å². The molecule has 0 rings (SSSR count). The van der Waals surface area contributed by atoms with E-state index in [2.05, 4.69) is 0 Å². The van der Waals surface area contributed by atoms with Gasteiger partial charge in [-0.2, -0.15) is 6.92 Å². The van der Waals surface area contributed by atoms with Crippen LogP contribution in [-0.2, 0) is 24.3 Å². The molecule has 0 aromatic rings. The summed E-state index contributed by atoms with van der Waals surface area (Å²) in [5, 5.41) is 8.52. The van der Waals surface area contributed by atoms with Crippen LogP contribution < -0.4 is 0 Å². The Labute approximate surface area is 69.4 Å². The van der Waals surface area contributed by atoms with Crippen LogP contribution in [0, 0.1) is 0 Å². The Kier molecular flexibility index (Phi) is 14.8. The van der Waals surface area contributed by atoms with Gasteiger partial charge < -0.3 is 9.90 Å². The summed E-state index contributed by atoms with van der Waals surface area (Å²) in [6.45, 7) is 6.55. The minimum Gasteiger partial charge on any atom is -0.542 e. The topological polar surface area (TPSA) is 37.3 Å². The van der Waals surface area contributed by atoms with Crippen molar-refractivity contribution in [3.8, 4) is 0 Å². The molecule has 0 aromatic heterocycles. The molecule has 57 valence electrons. The first-order valence-electron chi connectivity index (χ1n) is 2.43. The van der Waals surface area contributed by atoms with Gasteiger partial charge in [-0.05, 0) is 20.8 Å². The Balaban J connectivity index is -0.0000000800. The maximum absolute atomic E-state index is 8.68. The molecule has 2 nitrogen and oxygen atoms in total. The molecule has 1 radical (unpaired) electrons. The molecule has 1 N–H and O–H groups in total. The zero-order valence-electron chi connectivity index (χ0n) is 6.21. The zero-order chi connectivity index (χ0) is 7.21. The van der Waals surface area contributed by atoms with Crippen molar-refractivity contribution in [2.24, 2.45) is 0 Å². The first-order chi connectivity index (χ1) is 3.41. The number of hydrogen-bond acceptors (Lipinski definition) is 2. The van der Waals surface area contributed by atoms with Gasteiger partial charge in [-0.3, -0.25) is 6.29 Å². The Bertz CT molecular complexity index is 50.6. The number of rotatable bonds is 0. The molecular formula is C6H13O2Ru. The van der Waals surface area contributed by atoms with Gasteiger partial charge in [0.25, 0.3) is 0 Å². The van der Waals surface area contributed by atoms with Crippen molar-refractivity contribution in [3.63, 3.8) is 0 Å². The predicted molar refractivity (Wildman–Crippen MR) is 33.3 cm³/mol. The largest absolute Gasteiger partial charge is 1.00 e. The molecule has 3 heteroatoms. The van der Waals surface area contributed by atoms with E-state index in [4.69, 9.17) is 9.90 Å². The number of carbonyl (C=O) groups excluding carboxylic acids is 1. The van der Waals surface area contributed by atoms with E-state index in [0.717, 1.165) is 0 Å². The molecule has 0 heterocycles. The third-order valence-corrected chi connectivity index (χ3v) is 0. The van der Waals surface area contributed by atoms with E-state index in [0.29, 0.717) is 0 Å². The van der Waals surface area contributed by atoms with Crippen LogP contribution in [0.1, 0.15) is 27.7 Å². The SMILES string of the molecule is CC(C)(C)O.C[C-]=O.[Ru+]. The van der Waals surface area contributed by atoms with Gasteiger partial charge in [0.15, 0.2) is 0 Å². The van der Waals surface area contributed by atoms with E-state index in [1.54, 1.807) is 20.8 Å². The molecule has 0 saturated heterocycles. The van der Waals surface area contributed by atoms with Crippen LogP contribution in [0.15, 0.2) is 0 Å². The fraction of sp³-hybridized carbons (Fsp3) is 0.833. The second kappa shape index (κ2) is 8.25. The molecule has 0 unspecified atom stereocenters. The second-order valence-corrected chi connectivity index (χ2v) is 2.37. The van der Waals surface area contributed by atoms with Gasteiger partial charge in [0.1, 0.15) is 0 Å². The molecule has 0 fully saturated rings. The Morgan fingerprint density at radius 3 is 1.33 bits per heavy atom. The van der Waals surface area contributed by atoms with Crippen molar-refractivity contribution in [1.29, 1.82) is 0 Å². The Morgan fingerprint density at radius 2 is 1.33 bits per heavy atom. The van der Waals surface area contributed by atoms with E-state index in [9.17, 15) is 0 Å². The van der Waals surface area contributed by atoms with Crippen molar-refractivity contribution in [2.75, 3.05) is 0 Å². The average Bonchev–Trinajstić information content (AvgIpc) is 1.27. The zero-order valence-corrected chi connectivity index (χ0v) is 7.95. The molecule has 0 amide bonds. The van der Waals surface area contributed by atoms with Crippen LogP contribution in [0.2, 0.25) is 0 Å². The van der Waals surface area contributed by atoms with Crippen LogP contribution >= 0.6 is 0 Å². The van der Waals surface area contributed by atoms with Gasteiger partial charge in [0, 0.05) is 0 Å². The Hall–Kier alpha value is 0.253. The molecule has 0 aliphatic heterocycles. The fourth-order valence-electron chi connectivity index (χ4n) is 0. The maximum Gasteiger partial charge on any atom is 1.00 e. The third-order valence-electron chi connectivity index (χ3n) is 0. The molecule has 0 aromatic carbocycles. The van der Waals surface area contributed by atoms with Crippen molar-refractivity contribution >= 4 is 6.29 Å². The van der Waals surface area contributed by atoms with Crippen LogP contribution in [0.4, 0.5) is 0 Å². The average molecular weight is 218 g/mol. The summed E-state index contributed by atoms with van der Waals surface area (Å²) in [6.07, 6.45) is 1.50.